The van der Waals surface area contributed by atoms with Crippen molar-refractivity contribution in [3.63, 3.8) is 0 Å². The highest BCUT2D eigenvalue weighted by Crippen LogP contribution is 2.39. The molecule has 2 aliphatic carbocycles. The van der Waals surface area contributed by atoms with Crippen molar-refractivity contribution in [2.24, 2.45) is 5.92 Å². The van der Waals surface area contributed by atoms with Gasteiger partial charge >= 0.3 is 0 Å². The molecule has 1 saturated heterocycles. The lowest BCUT2D eigenvalue weighted by Crippen LogP contribution is -2.37. The van der Waals surface area contributed by atoms with Gasteiger partial charge in [-0.15, -0.1) is 0 Å². The summed E-state index contributed by atoms with van der Waals surface area (Å²) in [5.41, 5.74) is 0. The van der Waals surface area contributed by atoms with Gasteiger partial charge in [-0.05, 0) is 31.6 Å². The maximum Gasteiger partial charge on any atom is 0.238 e. The molecule has 0 aromatic rings. The smallest absolute Gasteiger partial charge is 0.238 e. The zero-order valence-corrected chi connectivity index (χ0v) is 8.46. The van der Waals surface area contributed by atoms with Gasteiger partial charge in [-0.3, -0.25) is 10.1 Å². The normalized spacial score (nSPS) is 37.1. The van der Waals surface area contributed by atoms with Crippen LogP contribution >= 0.6 is 0 Å². The molecule has 0 radical (unpaired) electrons. The fourth-order valence-corrected chi connectivity index (χ4v) is 2.62. The summed E-state index contributed by atoms with van der Waals surface area (Å²) in [4.78, 5) is 11.7. The van der Waals surface area contributed by atoms with Gasteiger partial charge in [0.2, 0.25) is 5.91 Å². The Labute approximate surface area is 84.6 Å². The molecule has 2 atom stereocenters. The maximum absolute atomic E-state index is 11.7. The first-order chi connectivity index (χ1) is 6.84. The van der Waals surface area contributed by atoms with Crippen molar-refractivity contribution in [2.75, 3.05) is 0 Å². The van der Waals surface area contributed by atoms with Crippen molar-refractivity contribution >= 4 is 5.91 Å². The second kappa shape index (κ2) is 3.23. The van der Waals surface area contributed by atoms with Gasteiger partial charge in [0.1, 0.15) is 6.04 Å². The number of hydrogen-bond donors (Lipinski definition) is 2. The van der Waals surface area contributed by atoms with E-state index in [1.807, 2.05) is 0 Å². The molecular weight excluding hydrogens is 176 g/mol. The van der Waals surface area contributed by atoms with Crippen LogP contribution in [0.25, 0.3) is 0 Å². The summed E-state index contributed by atoms with van der Waals surface area (Å²) in [6.45, 7) is 0. The van der Waals surface area contributed by atoms with Crippen molar-refractivity contribution in [2.45, 2.75) is 56.7 Å². The van der Waals surface area contributed by atoms with E-state index in [1.54, 1.807) is 0 Å². The van der Waals surface area contributed by atoms with Crippen molar-refractivity contribution in [3.8, 4) is 0 Å². The van der Waals surface area contributed by atoms with Crippen LogP contribution in [0.15, 0.2) is 0 Å². The van der Waals surface area contributed by atoms with E-state index >= 15 is 0 Å². The number of hydrogen-bond acceptors (Lipinski definition) is 2. The molecule has 3 nitrogen and oxygen atoms in total. The van der Waals surface area contributed by atoms with E-state index < -0.39 is 0 Å². The lowest BCUT2D eigenvalue weighted by Gasteiger charge is -2.10. The lowest BCUT2D eigenvalue weighted by molar-refractivity contribution is -0.121. The quantitative estimate of drug-likeness (QED) is 0.653. The minimum Gasteiger partial charge on any atom is -0.352 e. The molecule has 3 heteroatoms. The van der Waals surface area contributed by atoms with E-state index in [-0.39, 0.29) is 11.9 Å². The molecule has 1 amide bonds. The SMILES string of the molecule is O=C(NC1CCCC1)[C@@H]1N[C@H]1C1CC1. The molecule has 1 heterocycles. The Morgan fingerprint density at radius 2 is 1.86 bits per heavy atom. The number of rotatable bonds is 3. The fraction of sp³-hybridized carbons (Fsp3) is 0.909. The highest BCUT2D eigenvalue weighted by molar-refractivity contribution is 5.86. The van der Waals surface area contributed by atoms with Gasteiger partial charge in [0.05, 0.1) is 0 Å². The van der Waals surface area contributed by atoms with E-state index in [1.165, 1.54) is 38.5 Å². The van der Waals surface area contributed by atoms with E-state index in [4.69, 9.17) is 0 Å². The number of carbonyl (C=O) groups excluding carboxylic acids is 1. The van der Waals surface area contributed by atoms with Gasteiger partial charge in [-0.25, -0.2) is 0 Å². The monoisotopic (exact) mass is 194 g/mol. The minimum atomic E-state index is 0.156. The minimum absolute atomic E-state index is 0.156. The van der Waals surface area contributed by atoms with Crippen molar-refractivity contribution in [1.82, 2.24) is 10.6 Å². The fourth-order valence-electron chi connectivity index (χ4n) is 2.62. The molecular formula is C11H18N2O. The number of nitrogens with one attached hydrogen (secondary N) is 2. The van der Waals surface area contributed by atoms with Crippen LogP contribution in [0.4, 0.5) is 0 Å². The summed E-state index contributed by atoms with van der Waals surface area (Å²) in [5, 5.41) is 6.44. The third-order valence-corrected chi connectivity index (χ3v) is 3.74. The largest absolute Gasteiger partial charge is 0.352 e. The highest BCUT2D eigenvalue weighted by atomic mass is 16.2. The summed E-state index contributed by atoms with van der Waals surface area (Å²) in [6, 6.07) is 1.16. The molecule has 0 unspecified atom stereocenters. The van der Waals surface area contributed by atoms with Crippen molar-refractivity contribution in [3.05, 3.63) is 0 Å². The summed E-state index contributed by atoms with van der Waals surface area (Å²) >= 11 is 0. The highest BCUT2D eigenvalue weighted by Gasteiger charge is 2.51. The van der Waals surface area contributed by atoms with E-state index in [0.29, 0.717) is 12.1 Å². The third kappa shape index (κ3) is 1.65. The Morgan fingerprint density at radius 1 is 1.14 bits per heavy atom. The van der Waals surface area contributed by atoms with Crippen LogP contribution in [0.2, 0.25) is 0 Å². The molecule has 3 rings (SSSR count). The summed E-state index contributed by atoms with van der Waals surface area (Å²) < 4.78 is 0. The Bertz CT molecular complexity index is 244. The molecule has 0 bridgehead atoms. The molecule has 3 fully saturated rings. The lowest BCUT2D eigenvalue weighted by atomic mass is 10.2. The maximum atomic E-state index is 11.7. The number of amides is 1. The van der Waals surface area contributed by atoms with Gasteiger partial charge in [0.15, 0.2) is 0 Å². The zero-order valence-electron chi connectivity index (χ0n) is 8.46. The second-order valence-corrected chi connectivity index (χ2v) is 5.00. The molecule has 0 aromatic carbocycles. The predicted octanol–water partition coefficient (Wildman–Crippen LogP) is 0.796. The zero-order chi connectivity index (χ0) is 9.54. The van der Waals surface area contributed by atoms with E-state index in [2.05, 4.69) is 10.6 Å². The van der Waals surface area contributed by atoms with E-state index in [9.17, 15) is 4.79 Å². The average molecular weight is 194 g/mol. The molecule has 3 aliphatic rings. The Morgan fingerprint density at radius 3 is 2.50 bits per heavy atom. The van der Waals surface area contributed by atoms with Crippen LogP contribution in [0.3, 0.4) is 0 Å². The molecule has 1 aliphatic heterocycles. The van der Waals surface area contributed by atoms with Gasteiger partial charge in [-0.1, -0.05) is 12.8 Å². The summed E-state index contributed by atoms with van der Waals surface area (Å²) in [7, 11) is 0. The topological polar surface area (TPSA) is 51.0 Å². The number of carbonyl (C=O) groups is 1. The van der Waals surface area contributed by atoms with Gasteiger partial charge in [-0.2, -0.15) is 0 Å². The van der Waals surface area contributed by atoms with Gasteiger partial charge < -0.3 is 5.32 Å². The first kappa shape index (κ1) is 8.72. The third-order valence-electron chi connectivity index (χ3n) is 3.74. The Balaban J connectivity index is 1.46. The van der Waals surface area contributed by atoms with Crippen LogP contribution in [0.5, 0.6) is 0 Å². The molecule has 14 heavy (non-hydrogen) atoms. The van der Waals surface area contributed by atoms with Gasteiger partial charge in [0, 0.05) is 12.1 Å². The van der Waals surface area contributed by atoms with Crippen LogP contribution in [0.1, 0.15) is 38.5 Å². The van der Waals surface area contributed by atoms with Crippen LogP contribution in [-0.2, 0) is 4.79 Å². The molecule has 78 valence electrons. The summed E-state index contributed by atoms with van der Waals surface area (Å²) in [6.07, 6.45) is 7.60. The van der Waals surface area contributed by atoms with Crippen LogP contribution in [-0.4, -0.2) is 24.0 Å². The molecule has 2 N–H and O–H groups in total. The molecule has 2 saturated carbocycles. The molecule has 0 spiro atoms. The Hall–Kier alpha value is -0.570. The first-order valence-corrected chi connectivity index (χ1v) is 5.91. The molecule has 0 aromatic heterocycles. The summed E-state index contributed by atoms with van der Waals surface area (Å²) in [5.74, 6) is 1.07. The van der Waals surface area contributed by atoms with Crippen LogP contribution in [0, 0.1) is 5.92 Å². The van der Waals surface area contributed by atoms with Crippen molar-refractivity contribution in [1.29, 1.82) is 0 Å². The standard InChI is InChI=1S/C11H18N2O/c14-11(12-8-3-1-2-4-8)10-9(13-10)7-5-6-7/h7-10,13H,1-6H2,(H,12,14)/t9-,10+/m0/s1. The predicted molar refractivity (Wildman–Crippen MR) is 53.8 cm³/mol. The Kier molecular flexibility index (Phi) is 2.01. The van der Waals surface area contributed by atoms with E-state index in [0.717, 1.165) is 5.92 Å². The van der Waals surface area contributed by atoms with Crippen LogP contribution < -0.4 is 10.6 Å². The average Bonchev–Trinajstić information content (AvgIpc) is 3.05. The van der Waals surface area contributed by atoms with Gasteiger partial charge in [0.25, 0.3) is 0 Å². The first-order valence-electron chi connectivity index (χ1n) is 5.91. The second-order valence-electron chi connectivity index (χ2n) is 5.00. The van der Waals surface area contributed by atoms with Crippen molar-refractivity contribution < 1.29 is 4.79 Å².